The summed E-state index contributed by atoms with van der Waals surface area (Å²) >= 11 is 4.21. The summed E-state index contributed by atoms with van der Waals surface area (Å²) in [6.07, 6.45) is 4.44. The Bertz CT molecular complexity index is 380. The minimum Gasteiger partial charge on any atom is -0.294 e. The number of benzene rings is 1. The maximum atomic E-state index is 11.6. The van der Waals surface area contributed by atoms with Gasteiger partial charge >= 0.3 is 0 Å². The fourth-order valence-corrected chi connectivity index (χ4v) is 1.89. The van der Waals surface area contributed by atoms with E-state index in [2.05, 4.69) is 12.6 Å². The van der Waals surface area contributed by atoms with Gasteiger partial charge in [-0.2, -0.15) is 12.6 Å². The summed E-state index contributed by atoms with van der Waals surface area (Å²) in [5.74, 6) is 0.838. The largest absolute Gasteiger partial charge is 0.294 e. The van der Waals surface area contributed by atoms with Gasteiger partial charge in [-0.15, -0.1) is 0 Å². The van der Waals surface area contributed by atoms with Gasteiger partial charge in [0.1, 0.15) is 0 Å². The van der Waals surface area contributed by atoms with Crippen molar-refractivity contribution in [3.05, 3.63) is 41.0 Å². The van der Waals surface area contributed by atoms with Crippen LogP contribution in [0.25, 0.3) is 6.08 Å². The molecule has 2 heteroatoms. The van der Waals surface area contributed by atoms with Gasteiger partial charge in [0.05, 0.1) is 0 Å². The van der Waals surface area contributed by atoms with Gasteiger partial charge in [-0.1, -0.05) is 30.4 Å². The number of carbonyl (C=O) groups excluding carboxylic acids is 1. The summed E-state index contributed by atoms with van der Waals surface area (Å²) in [6.45, 7) is 0. The zero-order valence-corrected chi connectivity index (χ0v) is 8.05. The number of hydrogen-bond donors (Lipinski definition) is 1. The molecule has 66 valence electrons. The smallest absolute Gasteiger partial charge is 0.167 e. The second kappa shape index (κ2) is 3.38. The number of Topliss-reactive ketones (excluding diaryl/α,β-unsaturated/α-hetero) is 1. The SMILES string of the molecule is O=C1CC=Cc2cccc(CS)c21. The van der Waals surface area contributed by atoms with Gasteiger partial charge in [0.2, 0.25) is 0 Å². The molecule has 0 fully saturated rings. The molecule has 0 spiro atoms. The van der Waals surface area contributed by atoms with Crippen LogP contribution in [0.1, 0.15) is 27.9 Å². The predicted octanol–water partition coefficient (Wildman–Crippen LogP) is 2.72. The third-order valence-corrected chi connectivity index (χ3v) is 2.57. The first-order valence-electron chi connectivity index (χ1n) is 4.25. The highest BCUT2D eigenvalue weighted by molar-refractivity contribution is 7.79. The van der Waals surface area contributed by atoms with Crippen LogP contribution in [0.2, 0.25) is 0 Å². The highest BCUT2D eigenvalue weighted by Gasteiger charge is 2.15. The Kier molecular flexibility index (Phi) is 2.23. The normalized spacial score (nSPS) is 14.4. The standard InChI is InChI=1S/C11H10OS/c12-10-6-2-4-8-3-1-5-9(7-13)11(8)10/h1-5,13H,6-7H2. The molecule has 0 saturated heterocycles. The molecule has 1 nitrogen and oxygen atoms in total. The molecule has 0 N–H and O–H groups in total. The second-order valence-electron chi connectivity index (χ2n) is 3.07. The Morgan fingerprint density at radius 1 is 1.38 bits per heavy atom. The summed E-state index contributed by atoms with van der Waals surface area (Å²) in [6, 6.07) is 5.89. The molecule has 0 bridgehead atoms. The lowest BCUT2D eigenvalue weighted by Crippen LogP contribution is -2.07. The van der Waals surface area contributed by atoms with Gasteiger partial charge in [0.25, 0.3) is 0 Å². The van der Waals surface area contributed by atoms with Crippen LogP contribution in [0.15, 0.2) is 24.3 Å². The van der Waals surface area contributed by atoms with Crippen LogP contribution in [0, 0.1) is 0 Å². The van der Waals surface area contributed by atoms with E-state index in [4.69, 9.17) is 0 Å². The Morgan fingerprint density at radius 3 is 3.00 bits per heavy atom. The Hall–Kier alpha value is -1.02. The van der Waals surface area contributed by atoms with Gasteiger partial charge in [-0.3, -0.25) is 4.79 Å². The van der Waals surface area contributed by atoms with Crippen LogP contribution in [-0.2, 0) is 5.75 Å². The number of fused-ring (bicyclic) bond motifs is 1. The summed E-state index contributed by atoms with van der Waals surface area (Å²) in [4.78, 5) is 11.6. The Morgan fingerprint density at radius 2 is 2.23 bits per heavy atom. The van der Waals surface area contributed by atoms with Crippen molar-refractivity contribution in [3.8, 4) is 0 Å². The van der Waals surface area contributed by atoms with Crippen LogP contribution in [0.5, 0.6) is 0 Å². The van der Waals surface area contributed by atoms with Gasteiger partial charge in [0.15, 0.2) is 5.78 Å². The van der Waals surface area contributed by atoms with Crippen molar-refractivity contribution in [1.29, 1.82) is 0 Å². The Labute approximate surface area is 82.9 Å². The quantitative estimate of drug-likeness (QED) is 0.674. The summed E-state index contributed by atoms with van der Waals surface area (Å²) in [7, 11) is 0. The minimum absolute atomic E-state index is 0.210. The number of ketones is 1. The summed E-state index contributed by atoms with van der Waals surface area (Å²) in [5, 5.41) is 0. The van der Waals surface area contributed by atoms with Gasteiger partial charge in [0, 0.05) is 17.7 Å². The lowest BCUT2D eigenvalue weighted by Gasteiger charge is -2.12. The van der Waals surface area contributed by atoms with Crippen molar-refractivity contribution in [3.63, 3.8) is 0 Å². The van der Waals surface area contributed by atoms with E-state index >= 15 is 0 Å². The van der Waals surface area contributed by atoms with Crippen molar-refractivity contribution in [2.75, 3.05) is 0 Å². The van der Waals surface area contributed by atoms with Gasteiger partial charge in [-0.05, 0) is 11.1 Å². The van der Waals surface area contributed by atoms with Crippen LogP contribution < -0.4 is 0 Å². The zero-order chi connectivity index (χ0) is 9.26. The molecule has 1 aromatic carbocycles. The lowest BCUT2D eigenvalue weighted by molar-refractivity contribution is 0.0994. The number of carbonyl (C=O) groups is 1. The molecule has 1 aliphatic rings. The zero-order valence-electron chi connectivity index (χ0n) is 7.16. The Balaban J connectivity index is 2.64. The van der Waals surface area contributed by atoms with E-state index in [1.807, 2.05) is 30.4 Å². The van der Waals surface area contributed by atoms with E-state index in [-0.39, 0.29) is 5.78 Å². The molecule has 0 aliphatic heterocycles. The molecule has 2 rings (SSSR count). The molecular weight excluding hydrogens is 180 g/mol. The van der Waals surface area contributed by atoms with E-state index in [1.165, 1.54) is 0 Å². The first-order chi connectivity index (χ1) is 6.33. The van der Waals surface area contributed by atoms with E-state index in [9.17, 15) is 4.79 Å². The van der Waals surface area contributed by atoms with Crippen molar-refractivity contribution >= 4 is 24.5 Å². The van der Waals surface area contributed by atoms with E-state index < -0.39 is 0 Å². The average Bonchev–Trinajstić information content (AvgIpc) is 2.17. The van der Waals surface area contributed by atoms with Crippen molar-refractivity contribution < 1.29 is 4.79 Å². The molecule has 0 aromatic heterocycles. The first-order valence-corrected chi connectivity index (χ1v) is 4.88. The molecule has 0 heterocycles. The van der Waals surface area contributed by atoms with Gasteiger partial charge in [-0.25, -0.2) is 0 Å². The van der Waals surface area contributed by atoms with Crippen molar-refractivity contribution in [2.45, 2.75) is 12.2 Å². The molecule has 0 unspecified atom stereocenters. The lowest BCUT2D eigenvalue weighted by atomic mass is 9.92. The topological polar surface area (TPSA) is 17.1 Å². The molecule has 13 heavy (non-hydrogen) atoms. The average molecular weight is 190 g/mol. The predicted molar refractivity (Wildman–Crippen MR) is 57.1 cm³/mol. The third kappa shape index (κ3) is 1.42. The summed E-state index contributed by atoms with van der Waals surface area (Å²) in [5.41, 5.74) is 2.93. The molecular formula is C11H10OS. The summed E-state index contributed by atoms with van der Waals surface area (Å²) < 4.78 is 0. The first kappa shape index (κ1) is 8.57. The fraction of sp³-hybridized carbons (Fsp3) is 0.182. The third-order valence-electron chi connectivity index (χ3n) is 2.23. The molecule has 0 atom stereocenters. The maximum Gasteiger partial charge on any atom is 0.167 e. The van der Waals surface area contributed by atoms with E-state index in [0.717, 1.165) is 16.7 Å². The van der Waals surface area contributed by atoms with Crippen molar-refractivity contribution in [1.82, 2.24) is 0 Å². The fourth-order valence-electron chi connectivity index (χ4n) is 1.63. The minimum atomic E-state index is 0.210. The maximum absolute atomic E-state index is 11.6. The molecule has 1 aliphatic carbocycles. The van der Waals surface area contributed by atoms with Gasteiger partial charge < -0.3 is 0 Å². The molecule has 0 saturated carbocycles. The number of allylic oxidation sites excluding steroid dienone is 1. The monoisotopic (exact) mass is 190 g/mol. The number of hydrogen-bond acceptors (Lipinski definition) is 2. The van der Waals surface area contributed by atoms with E-state index in [0.29, 0.717) is 12.2 Å². The van der Waals surface area contributed by atoms with Crippen LogP contribution in [-0.4, -0.2) is 5.78 Å². The van der Waals surface area contributed by atoms with Crippen LogP contribution in [0.4, 0.5) is 0 Å². The number of rotatable bonds is 1. The molecule has 0 amide bonds. The number of thiol groups is 1. The van der Waals surface area contributed by atoms with Crippen LogP contribution >= 0.6 is 12.6 Å². The molecule has 1 aromatic rings. The second-order valence-corrected chi connectivity index (χ2v) is 3.39. The van der Waals surface area contributed by atoms with E-state index in [1.54, 1.807) is 0 Å². The van der Waals surface area contributed by atoms with Crippen LogP contribution in [0.3, 0.4) is 0 Å². The van der Waals surface area contributed by atoms with Crippen molar-refractivity contribution in [2.24, 2.45) is 0 Å². The molecule has 0 radical (unpaired) electrons. The highest BCUT2D eigenvalue weighted by atomic mass is 32.1. The highest BCUT2D eigenvalue weighted by Crippen LogP contribution is 2.23.